The standard InChI is InChI=1S/C14H28NO/c1-6-7-10(2)12(4)11(3)8-14-9-15(16)13(14)5/h10-14H,6-9H2,1-5H3/q+1. The quantitative estimate of drug-likeness (QED) is 0.629. The molecule has 5 atom stereocenters. The van der Waals surface area contributed by atoms with Crippen LogP contribution in [0, 0.1) is 28.6 Å². The van der Waals surface area contributed by atoms with Crippen LogP contribution < -0.4 is 0 Å². The lowest BCUT2D eigenvalue weighted by atomic mass is 9.75. The van der Waals surface area contributed by atoms with Crippen molar-refractivity contribution in [2.45, 2.75) is 59.9 Å². The molecule has 2 nitrogen and oxygen atoms in total. The molecule has 1 aliphatic rings. The highest BCUT2D eigenvalue weighted by Gasteiger charge is 2.45. The number of nitrogens with zero attached hydrogens (tertiary/aromatic N) is 1. The van der Waals surface area contributed by atoms with Gasteiger partial charge in [0.05, 0.1) is 5.92 Å². The fourth-order valence-electron chi connectivity index (χ4n) is 2.89. The van der Waals surface area contributed by atoms with E-state index in [-0.39, 0.29) is 6.04 Å². The van der Waals surface area contributed by atoms with Gasteiger partial charge in [-0.2, -0.15) is 0 Å². The maximum Gasteiger partial charge on any atom is 0.207 e. The summed E-state index contributed by atoms with van der Waals surface area (Å²) in [5.74, 6) is 3.00. The third-order valence-corrected chi connectivity index (χ3v) is 4.76. The van der Waals surface area contributed by atoms with Crippen LogP contribution in [0.3, 0.4) is 0 Å². The molecule has 0 spiro atoms. The summed E-state index contributed by atoms with van der Waals surface area (Å²) in [4.78, 5) is 11.1. The fraction of sp³-hybridized carbons (Fsp3) is 1.00. The molecule has 16 heavy (non-hydrogen) atoms. The Morgan fingerprint density at radius 3 is 2.31 bits per heavy atom. The molecule has 0 saturated carbocycles. The van der Waals surface area contributed by atoms with Crippen LogP contribution in [0.1, 0.15) is 53.9 Å². The fourth-order valence-corrected chi connectivity index (χ4v) is 2.89. The van der Waals surface area contributed by atoms with Crippen molar-refractivity contribution in [2.75, 3.05) is 6.54 Å². The van der Waals surface area contributed by atoms with Crippen LogP contribution >= 0.6 is 0 Å². The molecule has 0 aromatic heterocycles. The van der Waals surface area contributed by atoms with Crippen LogP contribution in [0.15, 0.2) is 0 Å². The zero-order valence-corrected chi connectivity index (χ0v) is 11.6. The summed E-state index contributed by atoms with van der Waals surface area (Å²) < 4.78 is 1.22. The smallest absolute Gasteiger partial charge is 0.0654 e. The summed E-state index contributed by atoms with van der Waals surface area (Å²) in [6.07, 6.45) is 3.85. The highest BCUT2D eigenvalue weighted by atomic mass is 16.3. The van der Waals surface area contributed by atoms with Gasteiger partial charge < -0.3 is 0 Å². The molecule has 1 rings (SSSR count). The van der Waals surface area contributed by atoms with Crippen molar-refractivity contribution in [3.8, 4) is 0 Å². The molecule has 0 aromatic rings. The molecule has 5 unspecified atom stereocenters. The van der Waals surface area contributed by atoms with Crippen LogP contribution in [0.25, 0.3) is 0 Å². The average Bonchev–Trinajstić information content (AvgIpc) is 2.27. The molecule has 0 radical (unpaired) electrons. The third kappa shape index (κ3) is 3.05. The summed E-state index contributed by atoms with van der Waals surface area (Å²) in [5, 5.41) is 0. The molecule has 0 N–H and O–H groups in total. The van der Waals surface area contributed by atoms with Crippen LogP contribution in [-0.4, -0.2) is 17.3 Å². The minimum absolute atomic E-state index is 0.260. The highest BCUT2D eigenvalue weighted by molar-refractivity contribution is 4.77. The lowest BCUT2D eigenvalue weighted by Gasteiger charge is -2.31. The number of rotatable bonds is 6. The highest BCUT2D eigenvalue weighted by Crippen LogP contribution is 2.33. The first kappa shape index (κ1) is 13.7. The lowest BCUT2D eigenvalue weighted by molar-refractivity contribution is -0.661. The third-order valence-electron chi connectivity index (χ3n) is 4.76. The SMILES string of the molecule is CCCC(C)C(C)C(C)CC1C[N+](=O)C1C. The van der Waals surface area contributed by atoms with E-state index in [1.165, 1.54) is 24.0 Å². The molecular weight excluding hydrogens is 198 g/mol. The van der Waals surface area contributed by atoms with E-state index >= 15 is 0 Å². The molecular formula is C14H28NO+. The second-order valence-corrected chi connectivity index (χ2v) is 5.94. The zero-order chi connectivity index (χ0) is 12.3. The van der Waals surface area contributed by atoms with Crippen molar-refractivity contribution >= 4 is 0 Å². The van der Waals surface area contributed by atoms with Gasteiger partial charge in [-0.3, -0.25) is 0 Å². The summed E-state index contributed by atoms with van der Waals surface area (Å²) in [7, 11) is 0. The van der Waals surface area contributed by atoms with Crippen LogP contribution in [0.5, 0.6) is 0 Å². The first-order valence-corrected chi connectivity index (χ1v) is 6.91. The van der Waals surface area contributed by atoms with Gasteiger partial charge in [0.2, 0.25) is 12.6 Å². The monoisotopic (exact) mass is 226 g/mol. The van der Waals surface area contributed by atoms with Gasteiger partial charge in [-0.05, 0) is 24.2 Å². The summed E-state index contributed by atoms with van der Waals surface area (Å²) in [6, 6.07) is 0.260. The lowest BCUT2D eigenvalue weighted by Crippen LogP contribution is -2.47. The van der Waals surface area contributed by atoms with Gasteiger partial charge in [-0.25, -0.2) is 0 Å². The van der Waals surface area contributed by atoms with Crippen molar-refractivity contribution in [3.63, 3.8) is 0 Å². The minimum Gasteiger partial charge on any atom is -0.0654 e. The Labute approximate surface area is 100 Å². The average molecular weight is 226 g/mol. The van der Waals surface area contributed by atoms with Gasteiger partial charge in [0.25, 0.3) is 0 Å². The largest absolute Gasteiger partial charge is 0.207 e. The van der Waals surface area contributed by atoms with Gasteiger partial charge in [0.1, 0.15) is 0 Å². The Morgan fingerprint density at radius 2 is 1.88 bits per heavy atom. The normalized spacial score (nSPS) is 30.7. The first-order valence-electron chi connectivity index (χ1n) is 6.91. The molecule has 1 heterocycles. The Bertz CT molecular complexity index is 239. The molecule has 1 fully saturated rings. The predicted molar refractivity (Wildman–Crippen MR) is 68.5 cm³/mol. The molecule has 2 heteroatoms. The van der Waals surface area contributed by atoms with E-state index in [1.54, 1.807) is 0 Å². The number of nitroso groups, excluding NO2 is 1. The van der Waals surface area contributed by atoms with Gasteiger partial charge in [0, 0.05) is 16.6 Å². The van der Waals surface area contributed by atoms with E-state index in [9.17, 15) is 4.91 Å². The molecule has 94 valence electrons. The Hall–Kier alpha value is -0.400. The molecule has 1 aliphatic heterocycles. The maximum atomic E-state index is 11.1. The Kier molecular flexibility index (Phi) is 4.94. The van der Waals surface area contributed by atoms with E-state index in [2.05, 4.69) is 34.6 Å². The maximum absolute atomic E-state index is 11.1. The molecule has 0 amide bonds. The van der Waals surface area contributed by atoms with Crippen LogP contribution in [-0.2, 0) is 0 Å². The number of hydrogen-bond acceptors (Lipinski definition) is 1. The molecule has 0 aromatic carbocycles. The Morgan fingerprint density at radius 1 is 1.25 bits per heavy atom. The van der Waals surface area contributed by atoms with Crippen LogP contribution in [0.2, 0.25) is 0 Å². The molecule has 0 aliphatic carbocycles. The van der Waals surface area contributed by atoms with Gasteiger partial charge in [-0.1, -0.05) is 40.5 Å². The summed E-state index contributed by atoms with van der Waals surface area (Å²) in [6.45, 7) is 12.2. The second kappa shape index (κ2) is 5.79. The van der Waals surface area contributed by atoms with Crippen molar-refractivity contribution in [1.29, 1.82) is 0 Å². The van der Waals surface area contributed by atoms with E-state index < -0.39 is 0 Å². The van der Waals surface area contributed by atoms with Crippen LogP contribution in [0.4, 0.5) is 0 Å². The molecule has 1 saturated heterocycles. The minimum atomic E-state index is 0.260. The van der Waals surface area contributed by atoms with Gasteiger partial charge >= 0.3 is 0 Å². The summed E-state index contributed by atoms with van der Waals surface area (Å²) in [5.41, 5.74) is 0. The van der Waals surface area contributed by atoms with Crippen molar-refractivity contribution in [1.82, 2.24) is 0 Å². The van der Waals surface area contributed by atoms with Gasteiger partial charge in [0.15, 0.2) is 0 Å². The van der Waals surface area contributed by atoms with E-state index in [0.29, 0.717) is 5.92 Å². The zero-order valence-electron chi connectivity index (χ0n) is 11.6. The van der Waals surface area contributed by atoms with E-state index in [1.807, 2.05) is 0 Å². The summed E-state index contributed by atoms with van der Waals surface area (Å²) >= 11 is 0. The van der Waals surface area contributed by atoms with Crippen molar-refractivity contribution in [2.24, 2.45) is 23.7 Å². The number of hydrogen-bond donors (Lipinski definition) is 0. The topological polar surface area (TPSA) is 20.1 Å². The first-order chi connectivity index (χ1) is 7.47. The van der Waals surface area contributed by atoms with E-state index in [4.69, 9.17) is 0 Å². The Balaban J connectivity index is 2.34. The van der Waals surface area contributed by atoms with Crippen molar-refractivity contribution in [3.05, 3.63) is 4.91 Å². The van der Waals surface area contributed by atoms with Gasteiger partial charge in [-0.15, -0.1) is 0 Å². The predicted octanol–water partition coefficient (Wildman–Crippen LogP) is 3.88. The second-order valence-electron chi connectivity index (χ2n) is 5.94. The molecule has 0 bridgehead atoms. The van der Waals surface area contributed by atoms with Crippen molar-refractivity contribution < 1.29 is 4.76 Å². The van der Waals surface area contributed by atoms with E-state index in [0.717, 1.165) is 24.3 Å².